The zero-order chi connectivity index (χ0) is 21.3. The van der Waals surface area contributed by atoms with Gasteiger partial charge in [-0.2, -0.15) is 5.26 Å². The van der Waals surface area contributed by atoms with Crippen LogP contribution in [-0.4, -0.2) is 47.7 Å². The van der Waals surface area contributed by atoms with E-state index in [4.69, 9.17) is 16.3 Å². The van der Waals surface area contributed by atoms with E-state index in [1.54, 1.807) is 26.3 Å². The minimum atomic E-state index is -0.317. The van der Waals surface area contributed by atoms with Gasteiger partial charge in [0.15, 0.2) is 0 Å². The highest BCUT2D eigenvalue weighted by molar-refractivity contribution is 6.29. The summed E-state index contributed by atoms with van der Waals surface area (Å²) in [6.45, 7) is 3.81. The number of nitriles is 1. The molecule has 0 spiro atoms. The van der Waals surface area contributed by atoms with Crippen molar-refractivity contribution in [3.05, 3.63) is 63.0 Å². The molecule has 0 amide bonds. The monoisotopic (exact) mass is 423 g/mol. The molecule has 30 heavy (non-hydrogen) atoms. The predicted molar refractivity (Wildman–Crippen MR) is 117 cm³/mol. The number of nitrogens with zero attached hydrogens (tertiary/aromatic N) is 5. The van der Waals surface area contributed by atoms with E-state index in [9.17, 15) is 10.1 Å². The van der Waals surface area contributed by atoms with Gasteiger partial charge in [-0.1, -0.05) is 23.7 Å². The van der Waals surface area contributed by atoms with E-state index in [0.717, 1.165) is 25.4 Å². The van der Waals surface area contributed by atoms with Gasteiger partial charge >= 0.3 is 0 Å². The zero-order valence-corrected chi connectivity index (χ0v) is 17.7. The molecule has 4 rings (SSSR count). The number of fused-ring (bicyclic) bond motifs is 1. The molecule has 2 aromatic heterocycles. The second-order valence-electron chi connectivity index (χ2n) is 7.32. The lowest BCUT2D eigenvalue weighted by Gasteiger charge is -2.36. The van der Waals surface area contributed by atoms with Gasteiger partial charge in [-0.25, -0.2) is 4.98 Å². The molecule has 0 aliphatic carbocycles. The second kappa shape index (κ2) is 8.34. The second-order valence-corrected chi connectivity index (χ2v) is 7.70. The van der Waals surface area contributed by atoms with Crippen LogP contribution in [0.15, 0.2) is 41.2 Å². The van der Waals surface area contributed by atoms with E-state index in [0.29, 0.717) is 35.0 Å². The number of anilines is 1. The van der Waals surface area contributed by atoms with Crippen molar-refractivity contribution in [1.29, 1.82) is 5.26 Å². The zero-order valence-electron chi connectivity index (χ0n) is 16.9. The minimum Gasteiger partial charge on any atom is -0.497 e. The summed E-state index contributed by atoms with van der Waals surface area (Å²) in [4.78, 5) is 21.6. The van der Waals surface area contributed by atoms with Crippen LogP contribution in [-0.2, 0) is 13.6 Å². The predicted octanol–water partition coefficient (Wildman–Crippen LogP) is 2.79. The van der Waals surface area contributed by atoms with Gasteiger partial charge in [0.2, 0.25) is 0 Å². The van der Waals surface area contributed by atoms with E-state index in [2.05, 4.69) is 26.9 Å². The molecule has 1 fully saturated rings. The van der Waals surface area contributed by atoms with Gasteiger partial charge in [-0.15, -0.1) is 0 Å². The molecule has 3 aromatic rings. The van der Waals surface area contributed by atoms with Crippen LogP contribution in [0.3, 0.4) is 0 Å². The fraction of sp³-hybridized carbons (Fsp3) is 0.318. The molecule has 3 heterocycles. The highest BCUT2D eigenvalue weighted by Crippen LogP contribution is 2.29. The first-order valence-electron chi connectivity index (χ1n) is 9.71. The van der Waals surface area contributed by atoms with E-state index in [1.807, 2.05) is 18.2 Å². The van der Waals surface area contributed by atoms with Crippen LogP contribution in [0.1, 0.15) is 11.1 Å². The number of piperazine rings is 1. The Morgan fingerprint density at radius 2 is 1.97 bits per heavy atom. The Bertz CT molecular complexity index is 1190. The summed E-state index contributed by atoms with van der Waals surface area (Å²) in [6.07, 6.45) is 0. The summed E-state index contributed by atoms with van der Waals surface area (Å²) in [5, 5.41) is 10.0. The molecule has 0 atom stereocenters. The molecule has 7 nitrogen and oxygen atoms in total. The fourth-order valence-electron chi connectivity index (χ4n) is 3.94. The normalized spacial score (nSPS) is 14.7. The molecule has 8 heteroatoms. The molecule has 0 saturated carbocycles. The van der Waals surface area contributed by atoms with E-state index < -0.39 is 0 Å². The summed E-state index contributed by atoms with van der Waals surface area (Å²) < 4.78 is 6.77. The molecule has 0 radical (unpaired) electrons. The van der Waals surface area contributed by atoms with Gasteiger partial charge in [0, 0.05) is 39.8 Å². The summed E-state index contributed by atoms with van der Waals surface area (Å²) in [7, 11) is 3.32. The summed E-state index contributed by atoms with van der Waals surface area (Å²) in [5.74, 6) is 0.847. The molecule has 0 bridgehead atoms. The minimum absolute atomic E-state index is 0.112. The largest absolute Gasteiger partial charge is 0.497 e. The molecule has 154 valence electrons. The summed E-state index contributed by atoms with van der Waals surface area (Å²) in [6, 6.07) is 13.6. The molecular formula is C22H22ClN5O2. The Hall–Kier alpha value is -3.08. The van der Waals surface area contributed by atoms with Crippen molar-refractivity contribution in [2.24, 2.45) is 7.05 Å². The third kappa shape index (κ3) is 3.72. The molecule has 1 aliphatic rings. The van der Waals surface area contributed by atoms with E-state index >= 15 is 0 Å². The van der Waals surface area contributed by atoms with Crippen molar-refractivity contribution in [3.63, 3.8) is 0 Å². The smallest absolute Gasteiger partial charge is 0.270 e. The van der Waals surface area contributed by atoms with Gasteiger partial charge in [-0.3, -0.25) is 9.69 Å². The standard InChI is InChI=1S/C22H22ClN5O2/c1-26-18-6-7-19(23)25-20(18)21(17(13-24)22(26)29)28-10-8-27(9-11-28)14-15-4-3-5-16(12-15)30-2/h3-7,12H,8-11,14H2,1-2H3. The van der Waals surface area contributed by atoms with Gasteiger partial charge in [0.05, 0.1) is 18.3 Å². The molecule has 0 N–H and O–H groups in total. The topological polar surface area (TPSA) is 74.4 Å². The van der Waals surface area contributed by atoms with Gasteiger partial charge in [0.1, 0.15) is 28.1 Å². The van der Waals surface area contributed by atoms with Crippen molar-refractivity contribution >= 4 is 28.3 Å². The maximum atomic E-state index is 12.8. The lowest BCUT2D eigenvalue weighted by atomic mass is 10.1. The first-order valence-corrected chi connectivity index (χ1v) is 10.1. The number of aromatic nitrogens is 2. The van der Waals surface area contributed by atoms with Crippen LogP contribution < -0.4 is 15.2 Å². The number of aryl methyl sites for hydroxylation is 1. The Labute approximate surface area is 179 Å². The lowest BCUT2D eigenvalue weighted by molar-refractivity contribution is 0.249. The van der Waals surface area contributed by atoms with Gasteiger partial charge in [0.25, 0.3) is 5.56 Å². The number of hydrogen-bond acceptors (Lipinski definition) is 6. The van der Waals surface area contributed by atoms with Crippen molar-refractivity contribution in [2.45, 2.75) is 6.54 Å². The SMILES string of the molecule is COc1cccc(CN2CCN(c3c(C#N)c(=O)n(C)c4ccc(Cl)nc34)CC2)c1. The van der Waals surface area contributed by atoms with Crippen LogP contribution in [0.2, 0.25) is 5.15 Å². The molecule has 1 aliphatic heterocycles. The van der Waals surface area contributed by atoms with Crippen LogP contribution >= 0.6 is 11.6 Å². The Morgan fingerprint density at radius 3 is 2.67 bits per heavy atom. The number of methoxy groups -OCH3 is 1. The van der Waals surface area contributed by atoms with E-state index in [-0.39, 0.29) is 11.1 Å². The van der Waals surface area contributed by atoms with Crippen molar-refractivity contribution < 1.29 is 4.74 Å². The maximum Gasteiger partial charge on any atom is 0.270 e. The number of ether oxygens (including phenoxy) is 1. The average molecular weight is 424 g/mol. The lowest BCUT2D eigenvalue weighted by Crippen LogP contribution is -2.47. The highest BCUT2D eigenvalue weighted by atomic mass is 35.5. The number of rotatable bonds is 4. The van der Waals surface area contributed by atoms with Crippen LogP contribution in [0, 0.1) is 11.3 Å². The van der Waals surface area contributed by atoms with Crippen LogP contribution in [0.5, 0.6) is 5.75 Å². The van der Waals surface area contributed by atoms with Crippen molar-refractivity contribution in [1.82, 2.24) is 14.5 Å². The Kier molecular flexibility index (Phi) is 5.62. The third-order valence-electron chi connectivity index (χ3n) is 5.52. The summed E-state index contributed by atoms with van der Waals surface area (Å²) >= 11 is 6.14. The van der Waals surface area contributed by atoms with Crippen LogP contribution in [0.4, 0.5) is 5.69 Å². The fourth-order valence-corrected chi connectivity index (χ4v) is 4.08. The van der Waals surface area contributed by atoms with Crippen LogP contribution in [0.25, 0.3) is 11.0 Å². The Balaban J connectivity index is 1.62. The maximum absolute atomic E-state index is 12.8. The summed E-state index contributed by atoms with van der Waals surface area (Å²) in [5.41, 5.74) is 2.82. The van der Waals surface area contributed by atoms with Crippen molar-refractivity contribution in [2.75, 3.05) is 38.2 Å². The molecule has 1 aromatic carbocycles. The van der Waals surface area contributed by atoms with Gasteiger partial charge in [-0.05, 0) is 29.8 Å². The Morgan fingerprint density at radius 1 is 1.20 bits per heavy atom. The quantitative estimate of drug-likeness (QED) is 0.601. The molecular weight excluding hydrogens is 402 g/mol. The molecule has 1 saturated heterocycles. The van der Waals surface area contributed by atoms with Crippen molar-refractivity contribution in [3.8, 4) is 11.8 Å². The van der Waals surface area contributed by atoms with Gasteiger partial charge < -0.3 is 14.2 Å². The number of pyridine rings is 2. The average Bonchev–Trinajstić information content (AvgIpc) is 2.77. The highest BCUT2D eigenvalue weighted by Gasteiger charge is 2.25. The molecule has 0 unspecified atom stereocenters. The number of hydrogen-bond donors (Lipinski definition) is 0. The number of benzene rings is 1. The first kappa shape index (κ1) is 20.2. The van der Waals surface area contributed by atoms with E-state index in [1.165, 1.54) is 10.1 Å². The number of halogens is 1. The first-order chi connectivity index (χ1) is 14.5. The third-order valence-corrected chi connectivity index (χ3v) is 5.73.